The molecule has 0 radical (unpaired) electrons. The summed E-state index contributed by atoms with van der Waals surface area (Å²) in [4.78, 5) is 14.2. The second-order valence-corrected chi connectivity index (χ2v) is 5.83. The summed E-state index contributed by atoms with van der Waals surface area (Å²) in [5, 5.41) is 4.17. The molecule has 1 aliphatic heterocycles. The lowest BCUT2D eigenvalue weighted by Crippen LogP contribution is -2.55. The Kier molecular flexibility index (Phi) is 4.83. The standard InChI is InChI=1S/C15H21ClN2O/c1-11-9-18(10-12(2)17-11)15(19)8-5-13-3-6-14(16)7-4-13/h3-4,6-7,11-12,17H,5,8-10H2,1-2H3. The minimum atomic E-state index is 0.246. The molecule has 1 fully saturated rings. The number of piperazine rings is 1. The second kappa shape index (κ2) is 6.40. The fraction of sp³-hybridized carbons (Fsp3) is 0.533. The SMILES string of the molecule is CC1CN(C(=O)CCc2ccc(Cl)cc2)CC(C)N1. The minimum Gasteiger partial charge on any atom is -0.340 e. The van der Waals surface area contributed by atoms with Crippen molar-refractivity contribution in [3.63, 3.8) is 0 Å². The van der Waals surface area contributed by atoms with Crippen LogP contribution in [0.25, 0.3) is 0 Å². The summed E-state index contributed by atoms with van der Waals surface area (Å²) in [6.45, 7) is 5.86. The van der Waals surface area contributed by atoms with Crippen LogP contribution in [0.15, 0.2) is 24.3 Å². The van der Waals surface area contributed by atoms with Crippen LogP contribution in [0.4, 0.5) is 0 Å². The molecule has 0 saturated carbocycles. The van der Waals surface area contributed by atoms with Crippen LogP contribution in [0.3, 0.4) is 0 Å². The van der Waals surface area contributed by atoms with Gasteiger partial charge in [0.1, 0.15) is 0 Å². The molecule has 0 aliphatic carbocycles. The van der Waals surface area contributed by atoms with Crippen LogP contribution < -0.4 is 5.32 Å². The van der Waals surface area contributed by atoms with Gasteiger partial charge in [0.2, 0.25) is 5.91 Å². The number of carbonyl (C=O) groups excluding carboxylic acids is 1. The molecule has 0 spiro atoms. The van der Waals surface area contributed by atoms with Crippen molar-refractivity contribution in [1.29, 1.82) is 0 Å². The zero-order valence-corrected chi connectivity index (χ0v) is 12.3. The monoisotopic (exact) mass is 280 g/mol. The summed E-state index contributed by atoms with van der Waals surface area (Å²) in [5.74, 6) is 0.246. The van der Waals surface area contributed by atoms with Gasteiger partial charge in [-0.3, -0.25) is 4.79 Å². The van der Waals surface area contributed by atoms with Crippen molar-refractivity contribution in [1.82, 2.24) is 10.2 Å². The normalized spacial score (nSPS) is 23.4. The van der Waals surface area contributed by atoms with E-state index in [9.17, 15) is 4.79 Å². The molecule has 1 aromatic rings. The van der Waals surface area contributed by atoms with Gasteiger partial charge < -0.3 is 10.2 Å². The molecule has 1 amide bonds. The number of hydrogen-bond donors (Lipinski definition) is 1. The molecule has 2 atom stereocenters. The first kappa shape index (κ1) is 14.4. The maximum absolute atomic E-state index is 12.2. The molecule has 4 heteroatoms. The number of hydrogen-bond acceptors (Lipinski definition) is 2. The Morgan fingerprint density at radius 2 is 1.84 bits per heavy atom. The van der Waals surface area contributed by atoms with E-state index in [1.807, 2.05) is 29.2 Å². The molecule has 1 N–H and O–H groups in total. The number of amides is 1. The van der Waals surface area contributed by atoms with Crippen LogP contribution >= 0.6 is 11.6 Å². The molecule has 1 aliphatic rings. The fourth-order valence-corrected chi connectivity index (χ4v) is 2.72. The van der Waals surface area contributed by atoms with E-state index in [2.05, 4.69) is 19.2 Å². The Hall–Kier alpha value is -1.06. The molecule has 2 unspecified atom stereocenters. The molecular weight excluding hydrogens is 260 g/mol. The third-order valence-electron chi connectivity index (χ3n) is 3.45. The highest BCUT2D eigenvalue weighted by Crippen LogP contribution is 2.12. The third kappa shape index (κ3) is 4.22. The first-order valence-corrected chi connectivity index (χ1v) is 7.20. The van der Waals surface area contributed by atoms with E-state index >= 15 is 0 Å². The number of carbonyl (C=O) groups is 1. The maximum atomic E-state index is 12.2. The van der Waals surface area contributed by atoms with Gasteiger partial charge in [-0.2, -0.15) is 0 Å². The molecule has 1 heterocycles. The molecule has 104 valence electrons. The number of halogens is 1. The van der Waals surface area contributed by atoms with Crippen LogP contribution in [-0.4, -0.2) is 36.0 Å². The molecule has 3 nitrogen and oxygen atoms in total. The molecule has 1 aromatic carbocycles. The quantitative estimate of drug-likeness (QED) is 0.923. The van der Waals surface area contributed by atoms with Gasteiger partial charge in [0.25, 0.3) is 0 Å². The Bertz CT molecular complexity index is 422. The number of nitrogens with zero attached hydrogens (tertiary/aromatic N) is 1. The summed E-state index contributed by atoms with van der Waals surface area (Å²) in [6, 6.07) is 8.47. The summed E-state index contributed by atoms with van der Waals surface area (Å²) in [5.41, 5.74) is 1.16. The van der Waals surface area contributed by atoms with Crippen molar-refractivity contribution in [2.24, 2.45) is 0 Å². The van der Waals surface area contributed by atoms with E-state index in [0.717, 1.165) is 30.1 Å². The van der Waals surface area contributed by atoms with Crippen molar-refractivity contribution in [3.8, 4) is 0 Å². The highest BCUT2D eigenvalue weighted by atomic mass is 35.5. The summed E-state index contributed by atoms with van der Waals surface area (Å²) in [6.07, 6.45) is 1.35. The lowest BCUT2D eigenvalue weighted by Gasteiger charge is -2.36. The van der Waals surface area contributed by atoms with E-state index in [1.165, 1.54) is 0 Å². The Labute approximate surface area is 119 Å². The van der Waals surface area contributed by atoms with Gasteiger partial charge in [0.15, 0.2) is 0 Å². The minimum absolute atomic E-state index is 0.246. The highest BCUT2D eigenvalue weighted by molar-refractivity contribution is 6.30. The number of aryl methyl sites for hydroxylation is 1. The Morgan fingerprint density at radius 1 is 1.26 bits per heavy atom. The molecule has 19 heavy (non-hydrogen) atoms. The second-order valence-electron chi connectivity index (χ2n) is 5.39. The van der Waals surface area contributed by atoms with Crippen molar-refractivity contribution in [2.45, 2.75) is 38.8 Å². The molecular formula is C15H21ClN2O. The Balaban J connectivity index is 1.85. The van der Waals surface area contributed by atoms with Gasteiger partial charge >= 0.3 is 0 Å². The van der Waals surface area contributed by atoms with Gasteiger partial charge in [0.05, 0.1) is 0 Å². The smallest absolute Gasteiger partial charge is 0.223 e. The van der Waals surface area contributed by atoms with E-state index in [1.54, 1.807) is 0 Å². The van der Waals surface area contributed by atoms with Crippen LogP contribution in [-0.2, 0) is 11.2 Å². The van der Waals surface area contributed by atoms with E-state index < -0.39 is 0 Å². The lowest BCUT2D eigenvalue weighted by molar-refractivity contribution is -0.132. The highest BCUT2D eigenvalue weighted by Gasteiger charge is 2.24. The van der Waals surface area contributed by atoms with E-state index in [-0.39, 0.29) is 5.91 Å². The van der Waals surface area contributed by atoms with Gasteiger partial charge in [0, 0.05) is 36.6 Å². The molecule has 1 saturated heterocycles. The van der Waals surface area contributed by atoms with Crippen LogP contribution in [0.1, 0.15) is 25.8 Å². The molecule has 0 aromatic heterocycles. The third-order valence-corrected chi connectivity index (χ3v) is 3.70. The largest absolute Gasteiger partial charge is 0.340 e. The van der Waals surface area contributed by atoms with Crippen LogP contribution in [0.2, 0.25) is 5.02 Å². The van der Waals surface area contributed by atoms with Crippen LogP contribution in [0, 0.1) is 0 Å². The van der Waals surface area contributed by atoms with Crippen LogP contribution in [0.5, 0.6) is 0 Å². The van der Waals surface area contributed by atoms with Gasteiger partial charge in [-0.1, -0.05) is 23.7 Å². The maximum Gasteiger partial charge on any atom is 0.223 e. The predicted molar refractivity (Wildman–Crippen MR) is 78.4 cm³/mol. The van der Waals surface area contributed by atoms with Crippen molar-refractivity contribution < 1.29 is 4.79 Å². The van der Waals surface area contributed by atoms with Gasteiger partial charge in [-0.25, -0.2) is 0 Å². The molecule has 0 bridgehead atoms. The number of nitrogens with one attached hydrogen (secondary N) is 1. The topological polar surface area (TPSA) is 32.3 Å². The average molecular weight is 281 g/mol. The summed E-state index contributed by atoms with van der Waals surface area (Å²) in [7, 11) is 0. The van der Waals surface area contributed by atoms with Gasteiger partial charge in [-0.05, 0) is 38.0 Å². The zero-order chi connectivity index (χ0) is 13.8. The molecule has 2 rings (SSSR count). The average Bonchev–Trinajstić information content (AvgIpc) is 2.36. The number of benzene rings is 1. The van der Waals surface area contributed by atoms with Gasteiger partial charge in [-0.15, -0.1) is 0 Å². The summed E-state index contributed by atoms with van der Waals surface area (Å²) < 4.78 is 0. The fourth-order valence-electron chi connectivity index (χ4n) is 2.59. The van der Waals surface area contributed by atoms with E-state index in [4.69, 9.17) is 11.6 Å². The number of rotatable bonds is 3. The predicted octanol–water partition coefficient (Wildman–Crippen LogP) is 2.48. The van der Waals surface area contributed by atoms with E-state index in [0.29, 0.717) is 18.5 Å². The van der Waals surface area contributed by atoms with Crippen molar-refractivity contribution >= 4 is 17.5 Å². The lowest BCUT2D eigenvalue weighted by atomic mass is 10.1. The zero-order valence-electron chi connectivity index (χ0n) is 11.5. The van der Waals surface area contributed by atoms with Crippen molar-refractivity contribution in [2.75, 3.05) is 13.1 Å². The first-order chi connectivity index (χ1) is 9.04. The summed E-state index contributed by atoms with van der Waals surface area (Å²) >= 11 is 5.85. The Morgan fingerprint density at radius 3 is 2.42 bits per heavy atom. The first-order valence-electron chi connectivity index (χ1n) is 6.83. The van der Waals surface area contributed by atoms with Crippen molar-refractivity contribution in [3.05, 3.63) is 34.9 Å².